The van der Waals surface area contributed by atoms with Crippen molar-refractivity contribution in [2.24, 2.45) is 0 Å². The fraction of sp³-hybridized carbons (Fsp3) is 0.125. The van der Waals surface area contributed by atoms with Crippen LogP contribution in [0, 0.1) is 5.82 Å². The van der Waals surface area contributed by atoms with Gasteiger partial charge in [-0.25, -0.2) is 4.39 Å². The molecule has 1 N–H and O–H groups in total. The summed E-state index contributed by atoms with van der Waals surface area (Å²) >= 11 is 0. The molecule has 1 aliphatic rings. The van der Waals surface area contributed by atoms with Crippen molar-refractivity contribution in [1.29, 1.82) is 0 Å². The largest absolute Gasteiger partial charge is 0.356 e. The van der Waals surface area contributed by atoms with Crippen molar-refractivity contribution in [2.75, 3.05) is 6.54 Å². The summed E-state index contributed by atoms with van der Waals surface area (Å²) < 4.78 is 13.3. The molecule has 5 rings (SSSR count). The Morgan fingerprint density at radius 2 is 1.64 bits per heavy atom. The summed E-state index contributed by atoms with van der Waals surface area (Å²) in [4.78, 5) is 18.8. The van der Waals surface area contributed by atoms with Gasteiger partial charge in [0.25, 0.3) is 5.91 Å². The summed E-state index contributed by atoms with van der Waals surface area (Å²) in [6.07, 6.45) is 0.787. The number of para-hydroxylation sites is 1. The van der Waals surface area contributed by atoms with Gasteiger partial charge in [-0.1, -0.05) is 48.5 Å². The zero-order valence-electron chi connectivity index (χ0n) is 15.2. The number of benzene rings is 3. The van der Waals surface area contributed by atoms with Crippen LogP contribution in [-0.4, -0.2) is 22.3 Å². The predicted octanol–water partition coefficient (Wildman–Crippen LogP) is 5.09. The third-order valence-electron chi connectivity index (χ3n) is 5.50. The fourth-order valence-electron chi connectivity index (χ4n) is 4.20. The maximum Gasteiger partial charge on any atom is 0.254 e. The van der Waals surface area contributed by atoms with E-state index in [2.05, 4.69) is 29.2 Å². The second-order valence-corrected chi connectivity index (χ2v) is 7.13. The maximum atomic E-state index is 13.3. The lowest BCUT2D eigenvalue weighted by atomic mass is 9.91. The number of carbonyl (C=O) groups excluding carboxylic acids is 1. The molecule has 1 amide bonds. The number of H-pyrrole nitrogens is 1. The number of nitrogens with one attached hydrogen (secondary N) is 1. The summed E-state index contributed by atoms with van der Waals surface area (Å²) in [5.74, 6) is -0.425. The molecule has 0 radical (unpaired) electrons. The first kappa shape index (κ1) is 16.8. The third kappa shape index (κ3) is 2.69. The van der Waals surface area contributed by atoms with Crippen molar-refractivity contribution in [1.82, 2.24) is 9.88 Å². The normalized spacial score (nSPS) is 16.2. The highest BCUT2D eigenvalue weighted by Crippen LogP contribution is 2.38. The van der Waals surface area contributed by atoms with Crippen LogP contribution in [0.5, 0.6) is 0 Å². The average Bonchev–Trinajstić information content (AvgIpc) is 3.12. The Labute approximate surface area is 162 Å². The minimum absolute atomic E-state index is 0.0850. The molecule has 0 spiro atoms. The predicted molar refractivity (Wildman–Crippen MR) is 108 cm³/mol. The molecule has 1 atom stereocenters. The van der Waals surface area contributed by atoms with E-state index < -0.39 is 0 Å². The maximum absolute atomic E-state index is 13.3. The van der Waals surface area contributed by atoms with Gasteiger partial charge in [-0.2, -0.15) is 0 Å². The van der Waals surface area contributed by atoms with Crippen molar-refractivity contribution in [2.45, 2.75) is 12.5 Å². The number of hydrogen-bond acceptors (Lipinski definition) is 1. The van der Waals surface area contributed by atoms with E-state index in [1.54, 1.807) is 12.1 Å². The van der Waals surface area contributed by atoms with Crippen LogP contribution in [0.15, 0.2) is 78.9 Å². The Morgan fingerprint density at radius 1 is 0.929 bits per heavy atom. The number of hydrogen-bond donors (Lipinski definition) is 1. The van der Waals surface area contributed by atoms with E-state index in [4.69, 9.17) is 0 Å². The van der Waals surface area contributed by atoms with Gasteiger partial charge >= 0.3 is 0 Å². The molecule has 2 heterocycles. The number of aromatic amines is 1. The van der Waals surface area contributed by atoms with Crippen LogP contribution in [0.4, 0.5) is 4.39 Å². The van der Waals surface area contributed by atoms with Gasteiger partial charge in [-0.05, 0) is 47.9 Å². The molecule has 1 aliphatic heterocycles. The summed E-state index contributed by atoms with van der Waals surface area (Å²) in [6, 6.07) is 23.9. The molecule has 0 saturated heterocycles. The molecular formula is C24H19FN2O. The molecular weight excluding hydrogens is 351 g/mol. The van der Waals surface area contributed by atoms with Crippen LogP contribution in [0.2, 0.25) is 0 Å². The van der Waals surface area contributed by atoms with Crippen LogP contribution in [0.1, 0.15) is 33.2 Å². The molecule has 3 nitrogen and oxygen atoms in total. The van der Waals surface area contributed by atoms with Crippen molar-refractivity contribution < 1.29 is 9.18 Å². The molecule has 28 heavy (non-hydrogen) atoms. The lowest BCUT2D eigenvalue weighted by Gasteiger charge is -2.36. The molecule has 1 unspecified atom stereocenters. The second-order valence-electron chi connectivity index (χ2n) is 7.13. The van der Waals surface area contributed by atoms with Gasteiger partial charge in [-0.15, -0.1) is 0 Å². The molecule has 0 bridgehead atoms. The van der Waals surface area contributed by atoms with E-state index in [0.717, 1.165) is 23.2 Å². The number of rotatable bonds is 2. The highest BCUT2D eigenvalue weighted by atomic mass is 19.1. The third-order valence-corrected chi connectivity index (χ3v) is 5.50. The summed E-state index contributed by atoms with van der Waals surface area (Å²) in [5, 5.41) is 1.22. The van der Waals surface area contributed by atoms with Crippen molar-refractivity contribution in [3.8, 4) is 0 Å². The first-order valence-corrected chi connectivity index (χ1v) is 9.43. The van der Waals surface area contributed by atoms with Crippen molar-refractivity contribution in [3.05, 3.63) is 107 Å². The van der Waals surface area contributed by atoms with E-state index in [9.17, 15) is 9.18 Å². The van der Waals surface area contributed by atoms with Gasteiger partial charge in [-0.3, -0.25) is 4.79 Å². The van der Waals surface area contributed by atoms with E-state index in [1.807, 2.05) is 35.2 Å². The Bertz CT molecular complexity index is 1150. The van der Waals surface area contributed by atoms with Crippen LogP contribution in [0.3, 0.4) is 0 Å². The average molecular weight is 370 g/mol. The molecule has 4 heteroatoms. The smallest absolute Gasteiger partial charge is 0.254 e. The molecule has 0 aliphatic carbocycles. The van der Waals surface area contributed by atoms with E-state index in [-0.39, 0.29) is 17.8 Å². The lowest BCUT2D eigenvalue weighted by molar-refractivity contribution is 0.0692. The van der Waals surface area contributed by atoms with Gasteiger partial charge in [0.2, 0.25) is 0 Å². The van der Waals surface area contributed by atoms with Gasteiger partial charge < -0.3 is 9.88 Å². The zero-order chi connectivity index (χ0) is 19.1. The Morgan fingerprint density at radius 3 is 2.43 bits per heavy atom. The highest BCUT2D eigenvalue weighted by molar-refractivity contribution is 5.95. The van der Waals surface area contributed by atoms with Crippen molar-refractivity contribution in [3.63, 3.8) is 0 Å². The SMILES string of the molecule is O=C(c1ccc(F)cc1)N1CCc2c([nH]c3ccccc23)C1c1ccccc1. The number of fused-ring (bicyclic) bond motifs is 3. The van der Waals surface area contributed by atoms with Crippen LogP contribution in [-0.2, 0) is 6.42 Å². The number of carbonyl (C=O) groups is 1. The minimum Gasteiger partial charge on any atom is -0.356 e. The highest BCUT2D eigenvalue weighted by Gasteiger charge is 2.34. The van der Waals surface area contributed by atoms with Crippen LogP contribution in [0.25, 0.3) is 10.9 Å². The first-order chi connectivity index (χ1) is 13.7. The van der Waals surface area contributed by atoms with Gasteiger partial charge in [0, 0.05) is 28.7 Å². The second kappa shape index (κ2) is 6.64. The quantitative estimate of drug-likeness (QED) is 0.524. The number of nitrogens with zero attached hydrogens (tertiary/aromatic N) is 1. The Balaban J connectivity index is 1.65. The lowest BCUT2D eigenvalue weighted by Crippen LogP contribution is -2.40. The number of aromatic nitrogens is 1. The molecule has 1 aromatic heterocycles. The molecule has 0 saturated carbocycles. The Kier molecular flexibility index (Phi) is 3.97. The monoisotopic (exact) mass is 370 g/mol. The molecule has 138 valence electrons. The van der Waals surface area contributed by atoms with Crippen LogP contribution >= 0.6 is 0 Å². The Hall–Kier alpha value is -3.40. The fourth-order valence-corrected chi connectivity index (χ4v) is 4.20. The zero-order valence-corrected chi connectivity index (χ0v) is 15.2. The van der Waals surface area contributed by atoms with Gasteiger partial charge in [0.05, 0.1) is 6.04 Å². The summed E-state index contributed by atoms with van der Waals surface area (Å²) in [5.41, 5.74) is 4.98. The van der Waals surface area contributed by atoms with Gasteiger partial charge in [0.15, 0.2) is 0 Å². The van der Waals surface area contributed by atoms with Crippen LogP contribution < -0.4 is 0 Å². The first-order valence-electron chi connectivity index (χ1n) is 9.43. The van der Waals surface area contributed by atoms with E-state index in [0.29, 0.717) is 12.1 Å². The van der Waals surface area contributed by atoms with E-state index in [1.165, 1.54) is 23.1 Å². The molecule has 3 aromatic carbocycles. The van der Waals surface area contributed by atoms with Crippen molar-refractivity contribution >= 4 is 16.8 Å². The van der Waals surface area contributed by atoms with E-state index >= 15 is 0 Å². The topological polar surface area (TPSA) is 36.1 Å². The molecule has 4 aromatic rings. The van der Waals surface area contributed by atoms with Gasteiger partial charge in [0.1, 0.15) is 5.82 Å². The number of amides is 1. The standard InChI is InChI=1S/C24H19FN2O/c25-18-12-10-17(11-13-18)24(28)27-15-14-20-19-8-4-5-9-21(19)26-22(20)23(27)16-6-2-1-3-7-16/h1-13,23,26H,14-15H2. The number of halogens is 1. The summed E-state index contributed by atoms with van der Waals surface area (Å²) in [6.45, 7) is 0.616. The minimum atomic E-state index is -0.340. The molecule has 0 fully saturated rings. The summed E-state index contributed by atoms with van der Waals surface area (Å²) in [7, 11) is 0.